The van der Waals surface area contributed by atoms with E-state index in [2.05, 4.69) is 26.2 Å². The van der Waals surface area contributed by atoms with Crippen LogP contribution in [0.2, 0.25) is 5.02 Å². The maximum absolute atomic E-state index is 12.3. The number of nitrogens with zero attached hydrogens (tertiary/aromatic N) is 1. The van der Waals surface area contributed by atoms with Gasteiger partial charge in [-0.1, -0.05) is 39.7 Å². The number of carbonyl (C=O) groups is 1. The highest BCUT2D eigenvalue weighted by molar-refractivity contribution is 9.10. The molecule has 1 amide bonds. The first-order valence-corrected chi connectivity index (χ1v) is 11.2. The third-order valence-electron chi connectivity index (χ3n) is 4.39. The average Bonchev–Trinajstić information content (AvgIpc) is 3.03. The molecule has 0 saturated heterocycles. The second-order valence-corrected chi connectivity index (χ2v) is 9.30. The van der Waals surface area contributed by atoms with Gasteiger partial charge in [0.1, 0.15) is 5.75 Å². The van der Waals surface area contributed by atoms with Crippen LogP contribution in [0.4, 0.5) is 5.13 Å². The summed E-state index contributed by atoms with van der Waals surface area (Å²) in [6.45, 7) is 6.38. The van der Waals surface area contributed by atoms with Crippen molar-refractivity contribution in [3.63, 3.8) is 0 Å². The van der Waals surface area contributed by atoms with Crippen molar-refractivity contribution in [1.29, 1.82) is 0 Å². The van der Waals surface area contributed by atoms with Crippen molar-refractivity contribution in [2.24, 2.45) is 0 Å². The molecule has 1 aromatic heterocycles. The lowest BCUT2D eigenvalue weighted by Crippen LogP contribution is -2.12. The fraction of sp³-hybridized carbons (Fsp3) is 0.273. The Hall–Kier alpha value is -1.89. The lowest BCUT2D eigenvalue weighted by molar-refractivity contribution is -0.116. The van der Waals surface area contributed by atoms with Crippen LogP contribution in [-0.2, 0) is 4.79 Å². The molecule has 7 heteroatoms. The van der Waals surface area contributed by atoms with Crippen LogP contribution in [0.1, 0.15) is 28.8 Å². The largest absolute Gasteiger partial charge is 0.494 e. The van der Waals surface area contributed by atoms with Gasteiger partial charge in [0.25, 0.3) is 0 Å². The van der Waals surface area contributed by atoms with Crippen molar-refractivity contribution < 1.29 is 9.53 Å². The van der Waals surface area contributed by atoms with Crippen molar-refractivity contribution >= 4 is 49.9 Å². The molecule has 0 aliphatic rings. The first-order chi connectivity index (χ1) is 13.8. The summed E-state index contributed by atoms with van der Waals surface area (Å²) in [5.74, 6) is 0.715. The quantitative estimate of drug-likeness (QED) is 0.362. The van der Waals surface area contributed by atoms with Gasteiger partial charge in [-0.3, -0.25) is 4.79 Å². The fourth-order valence-electron chi connectivity index (χ4n) is 2.92. The zero-order valence-corrected chi connectivity index (χ0v) is 19.7. The van der Waals surface area contributed by atoms with Gasteiger partial charge < -0.3 is 10.1 Å². The lowest BCUT2D eigenvalue weighted by atomic mass is 10.1. The van der Waals surface area contributed by atoms with E-state index >= 15 is 0 Å². The van der Waals surface area contributed by atoms with Crippen LogP contribution in [-0.4, -0.2) is 17.5 Å². The summed E-state index contributed by atoms with van der Waals surface area (Å²) < 4.78 is 6.78. The van der Waals surface area contributed by atoms with Gasteiger partial charge in [0.2, 0.25) is 5.91 Å². The van der Waals surface area contributed by atoms with Crippen molar-refractivity contribution in [2.75, 3.05) is 11.9 Å². The molecular weight excluding hydrogens is 472 g/mol. The number of hydrogen-bond acceptors (Lipinski definition) is 4. The number of thiazole rings is 1. The average molecular weight is 494 g/mol. The number of carbonyl (C=O) groups excluding carboxylic acids is 1. The Morgan fingerprint density at radius 2 is 1.83 bits per heavy atom. The van der Waals surface area contributed by atoms with Gasteiger partial charge in [-0.25, -0.2) is 4.98 Å². The number of halogens is 2. The van der Waals surface area contributed by atoms with E-state index in [-0.39, 0.29) is 5.91 Å². The Kier molecular flexibility index (Phi) is 7.33. The van der Waals surface area contributed by atoms with Crippen molar-refractivity contribution in [1.82, 2.24) is 4.98 Å². The fourth-order valence-corrected chi connectivity index (χ4v) is 4.14. The summed E-state index contributed by atoms with van der Waals surface area (Å²) in [4.78, 5) is 17.9. The molecule has 0 fully saturated rings. The number of nitrogens with one attached hydrogen (secondary N) is 1. The van der Waals surface area contributed by atoms with E-state index in [0.29, 0.717) is 24.6 Å². The minimum Gasteiger partial charge on any atom is -0.494 e. The topological polar surface area (TPSA) is 51.2 Å². The smallest absolute Gasteiger partial charge is 0.226 e. The molecule has 0 saturated carbocycles. The van der Waals surface area contributed by atoms with Crippen LogP contribution in [0.15, 0.2) is 40.9 Å². The van der Waals surface area contributed by atoms with E-state index in [1.165, 1.54) is 11.3 Å². The molecule has 152 valence electrons. The number of amides is 1. The number of rotatable bonds is 7. The minimum atomic E-state index is -0.0619. The number of anilines is 1. The summed E-state index contributed by atoms with van der Waals surface area (Å²) in [5, 5.41) is 4.28. The Morgan fingerprint density at radius 1 is 1.17 bits per heavy atom. The monoisotopic (exact) mass is 492 g/mol. The van der Waals surface area contributed by atoms with E-state index < -0.39 is 0 Å². The van der Waals surface area contributed by atoms with Gasteiger partial charge >= 0.3 is 0 Å². The normalized spacial score (nSPS) is 10.8. The first-order valence-electron chi connectivity index (χ1n) is 9.26. The zero-order chi connectivity index (χ0) is 21.0. The Bertz CT molecular complexity index is 995. The molecule has 0 radical (unpaired) electrons. The molecule has 2 aromatic carbocycles. The van der Waals surface area contributed by atoms with Crippen LogP contribution in [0.25, 0.3) is 11.3 Å². The standard InChI is InChI=1S/C22H22BrClN2O2S/c1-13-11-18(12-14(2)20(13)24)28-10-4-5-19(27)25-22-26-21(15(3)29-22)16-6-8-17(23)9-7-16/h6-9,11-12H,4-5,10H2,1-3H3,(H,25,26,27). The van der Waals surface area contributed by atoms with Crippen LogP contribution in [0.3, 0.4) is 0 Å². The van der Waals surface area contributed by atoms with Crippen LogP contribution in [0, 0.1) is 20.8 Å². The summed E-state index contributed by atoms with van der Waals surface area (Å²) in [6, 6.07) is 11.8. The highest BCUT2D eigenvalue weighted by atomic mass is 79.9. The van der Waals surface area contributed by atoms with Gasteiger partial charge in [-0.2, -0.15) is 0 Å². The minimum absolute atomic E-state index is 0.0619. The Balaban J connectivity index is 1.50. The van der Waals surface area contributed by atoms with E-state index in [0.717, 1.165) is 42.5 Å². The van der Waals surface area contributed by atoms with Crippen molar-refractivity contribution in [3.05, 3.63) is 61.9 Å². The summed E-state index contributed by atoms with van der Waals surface area (Å²) in [6.07, 6.45) is 0.994. The van der Waals surface area contributed by atoms with Gasteiger partial charge in [0.15, 0.2) is 5.13 Å². The van der Waals surface area contributed by atoms with E-state index in [9.17, 15) is 4.79 Å². The summed E-state index contributed by atoms with van der Waals surface area (Å²) >= 11 is 11.1. The van der Waals surface area contributed by atoms with Crippen LogP contribution < -0.4 is 10.1 Å². The van der Waals surface area contributed by atoms with E-state index in [4.69, 9.17) is 16.3 Å². The maximum Gasteiger partial charge on any atom is 0.226 e. The second kappa shape index (κ2) is 9.74. The molecule has 4 nitrogen and oxygen atoms in total. The van der Waals surface area contributed by atoms with Crippen molar-refractivity contribution in [3.8, 4) is 17.0 Å². The molecule has 0 atom stereocenters. The third-order valence-corrected chi connectivity index (χ3v) is 6.40. The molecule has 1 heterocycles. The SMILES string of the molecule is Cc1cc(OCCCC(=O)Nc2nc(-c3ccc(Br)cc3)c(C)s2)cc(C)c1Cl. The summed E-state index contributed by atoms with van der Waals surface area (Å²) in [5.41, 5.74) is 3.90. The van der Waals surface area contributed by atoms with Crippen LogP contribution in [0.5, 0.6) is 5.75 Å². The predicted octanol–water partition coefficient (Wildman–Crippen LogP) is 6.95. The van der Waals surface area contributed by atoms with Gasteiger partial charge in [0.05, 0.1) is 12.3 Å². The van der Waals surface area contributed by atoms with Gasteiger partial charge in [-0.15, -0.1) is 11.3 Å². The Labute approximate surface area is 188 Å². The first kappa shape index (κ1) is 21.8. The number of aromatic nitrogens is 1. The highest BCUT2D eigenvalue weighted by Crippen LogP contribution is 2.31. The molecule has 0 aliphatic heterocycles. The number of hydrogen-bond donors (Lipinski definition) is 1. The molecule has 1 N–H and O–H groups in total. The van der Waals surface area contributed by atoms with E-state index in [1.54, 1.807) is 0 Å². The zero-order valence-electron chi connectivity index (χ0n) is 16.5. The summed E-state index contributed by atoms with van der Waals surface area (Å²) in [7, 11) is 0. The molecule has 3 rings (SSSR count). The number of aryl methyl sites for hydroxylation is 3. The number of ether oxygens (including phenoxy) is 1. The molecule has 0 spiro atoms. The van der Waals surface area contributed by atoms with E-state index in [1.807, 2.05) is 57.2 Å². The number of benzene rings is 2. The van der Waals surface area contributed by atoms with Crippen molar-refractivity contribution in [2.45, 2.75) is 33.6 Å². The molecule has 0 unspecified atom stereocenters. The van der Waals surface area contributed by atoms with Crippen LogP contribution >= 0.6 is 38.9 Å². The highest BCUT2D eigenvalue weighted by Gasteiger charge is 2.12. The van der Waals surface area contributed by atoms with Gasteiger partial charge in [0, 0.05) is 26.4 Å². The molecule has 29 heavy (non-hydrogen) atoms. The lowest BCUT2D eigenvalue weighted by Gasteiger charge is -2.09. The predicted molar refractivity (Wildman–Crippen MR) is 124 cm³/mol. The molecule has 0 aliphatic carbocycles. The maximum atomic E-state index is 12.3. The van der Waals surface area contributed by atoms with Gasteiger partial charge in [-0.05, 0) is 62.6 Å². The molecule has 3 aromatic rings. The Morgan fingerprint density at radius 3 is 2.48 bits per heavy atom. The molecule has 0 bridgehead atoms. The third kappa shape index (κ3) is 5.81. The molecular formula is C22H22BrClN2O2S. The second-order valence-electron chi connectivity index (χ2n) is 6.80.